The minimum atomic E-state index is -0.383. The molecule has 140 valence electrons. The maximum atomic E-state index is 12.3. The normalized spacial score (nSPS) is 11.7. The highest BCUT2D eigenvalue weighted by molar-refractivity contribution is 5.93. The van der Waals surface area contributed by atoms with E-state index in [1.54, 1.807) is 30.1 Å². The number of hydrogen-bond acceptors (Lipinski definition) is 6. The second-order valence-corrected chi connectivity index (χ2v) is 6.41. The molecule has 3 aromatic rings. The van der Waals surface area contributed by atoms with Gasteiger partial charge in [0.1, 0.15) is 23.5 Å². The summed E-state index contributed by atoms with van der Waals surface area (Å²) >= 11 is 0. The second-order valence-electron chi connectivity index (χ2n) is 6.41. The number of aryl methyl sites for hydroxylation is 1. The molecule has 0 saturated heterocycles. The minimum Gasteiger partial charge on any atom is -0.363 e. The summed E-state index contributed by atoms with van der Waals surface area (Å²) in [6.45, 7) is 3.66. The topological polar surface area (TPSA) is 88.0 Å². The van der Waals surface area contributed by atoms with Crippen LogP contribution in [0.2, 0.25) is 0 Å². The molecule has 1 atom stereocenters. The van der Waals surface area contributed by atoms with Gasteiger partial charge in [-0.3, -0.25) is 9.48 Å². The molecular weight excluding hydrogens is 342 g/mol. The first-order valence-electron chi connectivity index (χ1n) is 8.62. The average molecular weight is 365 g/mol. The number of nitrogens with one attached hydrogen (secondary N) is 2. The zero-order valence-electron chi connectivity index (χ0n) is 15.8. The molecule has 0 fully saturated rings. The number of anilines is 4. The molecule has 1 aromatic carbocycles. The number of aromatic nitrogens is 4. The predicted octanol–water partition coefficient (Wildman–Crippen LogP) is 2.99. The van der Waals surface area contributed by atoms with E-state index in [-0.39, 0.29) is 11.9 Å². The fourth-order valence-corrected chi connectivity index (χ4v) is 2.51. The maximum absolute atomic E-state index is 12.3. The van der Waals surface area contributed by atoms with Crippen molar-refractivity contribution >= 4 is 28.9 Å². The Balaban J connectivity index is 1.66. The predicted molar refractivity (Wildman–Crippen MR) is 106 cm³/mol. The quantitative estimate of drug-likeness (QED) is 0.698. The van der Waals surface area contributed by atoms with Gasteiger partial charge < -0.3 is 15.5 Å². The van der Waals surface area contributed by atoms with Crippen LogP contribution in [-0.4, -0.2) is 39.8 Å². The van der Waals surface area contributed by atoms with Gasteiger partial charge in [0.25, 0.3) is 0 Å². The highest BCUT2D eigenvalue weighted by atomic mass is 16.2. The first kappa shape index (κ1) is 18.4. The van der Waals surface area contributed by atoms with Crippen LogP contribution in [0.3, 0.4) is 0 Å². The third kappa shape index (κ3) is 4.60. The van der Waals surface area contributed by atoms with Crippen LogP contribution in [0.25, 0.3) is 0 Å². The minimum absolute atomic E-state index is 0.124. The molecule has 2 N–H and O–H groups in total. The number of carbonyl (C=O) groups is 1. The van der Waals surface area contributed by atoms with Crippen molar-refractivity contribution in [3.05, 3.63) is 54.6 Å². The van der Waals surface area contributed by atoms with Gasteiger partial charge in [-0.15, -0.1) is 0 Å². The monoisotopic (exact) mass is 365 g/mol. The van der Waals surface area contributed by atoms with E-state index in [4.69, 9.17) is 0 Å². The summed E-state index contributed by atoms with van der Waals surface area (Å²) in [4.78, 5) is 23.0. The number of carbonyl (C=O) groups excluding carboxylic acids is 1. The molecule has 0 radical (unpaired) electrons. The van der Waals surface area contributed by atoms with E-state index in [0.717, 1.165) is 23.0 Å². The smallest absolute Gasteiger partial charge is 0.248 e. The van der Waals surface area contributed by atoms with Crippen LogP contribution >= 0.6 is 0 Å². The largest absolute Gasteiger partial charge is 0.363 e. The molecule has 8 heteroatoms. The van der Waals surface area contributed by atoms with E-state index < -0.39 is 0 Å². The van der Waals surface area contributed by atoms with E-state index in [1.165, 1.54) is 0 Å². The summed E-state index contributed by atoms with van der Waals surface area (Å²) in [5.41, 5.74) is 1.59. The Bertz CT molecular complexity index is 904. The summed E-state index contributed by atoms with van der Waals surface area (Å²) in [6, 6.07) is 10.8. The second kappa shape index (κ2) is 7.86. The molecule has 3 rings (SSSR count). The number of benzene rings is 1. The summed E-state index contributed by atoms with van der Waals surface area (Å²) in [5.74, 6) is 2.12. The van der Waals surface area contributed by atoms with Crippen molar-refractivity contribution in [1.82, 2.24) is 19.7 Å². The molecule has 2 aromatic heterocycles. The molecule has 0 aliphatic rings. The summed E-state index contributed by atoms with van der Waals surface area (Å²) in [6.07, 6.45) is 3.42. The van der Waals surface area contributed by atoms with Gasteiger partial charge in [0, 0.05) is 43.9 Å². The molecular formula is C19H23N7O. The summed E-state index contributed by atoms with van der Waals surface area (Å²) in [7, 11) is 3.88. The van der Waals surface area contributed by atoms with E-state index in [9.17, 15) is 4.79 Å². The van der Waals surface area contributed by atoms with Crippen LogP contribution < -0.4 is 15.5 Å². The van der Waals surface area contributed by atoms with Gasteiger partial charge in [-0.25, -0.2) is 9.97 Å². The molecule has 0 saturated carbocycles. The fraction of sp³-hybridized carbons (Fsp3) is 0.263. The van der Waals surface area contributed by atoms with Crippen LogP contribution in [-0.2, 0) is 4.79 Å². The van der Waals surface area contributed by atoms with Crippen LogP contribution in [0, 0.1) is 6.92 Å². The lowest BCUT2D eigenvalue weighted by molar-refractivity contribution is -0.119. The van der Waals surface area contributed by atoms with Crippen molar-refractivity contribution in [3.63, 3.8) is 0 Å². The lowest BCUT2D eigenvalue weighted by atomic mass is 10.2. The molecule has 0 aliphatic heterocycles. The van der Waals surface area contributed by atoms with Crippen molar-refractivity contribution in [2.24, 2.45) is 0 Å². The molecule has 27 heavy (non-hydrogen) atoms. The molecule has 0 aliphatic carbocycles. The SMILES string of the molecule is Cc1nc(Nc2ccc(NC(=O)C(C)n3cccn3)cc2)cc(N(C)C)n1. The van der Waals surface area contributed by atoms with E-state index in [1.807, 2.05) is 56.3 Å². The van der Waals surface area contributed by atoms with Gasteiger partial charge in [0.15, 0.2) is 0 Å². The molecule has 0 spiro atoms. The van der Waals surface area contributed by atoms with Crippen molar-refractivity contribution < 1.29 is 4.79 Å². The summed E-state index contributed by atoms with van der Waals surface area (Å²) in [5, 5.41) is 10.3. The van der Waals surface area contributed by atoms with E-state index >= 15 is 0 Å². The number of amides is 1. The summed E-state index contributed by atoms with van der Waals surface area (Å²) < 4.78 is 1.62. The van der Waals surface area contributed by atoms with Crippen molar-refractivity contribution in [1.29, 1.82) is 0 Å². The van der Waals surface area contributed by atoms with Gasteiger partial charge >= 0.3 is 0 Å². The van der Waals surface area contributed by atoms with Gasteiger partial charge in [0.05, 0.1) is 0 Å². The van der Waals surface area contributed by atoms with Crippen LogP contribution in [0.5, 0.6) is 0 Å². The lowest BCUT2D eigenvalue weighted by Gasteiger charge is -2.15. The first-order valence-corrected chi connectivity index (χ1v) is 8.62. The van der Waals surface area contributed by atoms with Crippen molar-refractivity contribution in [2.45, 2.75) is 19.9 Å². The zero-order valence-corrected chi connectivity index (χ0v) is 15.8. The fourth-order valence-electron chi connectivity index (χ4n) is 2.51. The number of rotatable bonds is 6. The Morgan fingerprint density at radius 2 is 1.85 bits per heavy atom. The zero-order chi connectivity index (χ0) is 19.4. The highest BCUT2D eigenvalue weighted by Crippen LogP contribution is 2.21. The van der Waals surface area contributed by atoms with E-state index in [0.29, 0.717) is 5.82 Å². The third-order valence-electron chi connectivity index (χ3n) is 4.01. The molecule has 8 nitrogen and oxygen atoms in total. The standard InChI is InChI=1S/C19H23N7O/c1-13(26-11-5-10-20-26)19(27)24-16-8-6-15(7-9-16)23-17-12-18(25(3)4)22-14(2)21-17/h5-13H,1-4H3,(H,24,27)(H,21,22,23). The number of nitrogens with zero attached hydrogens (tertiary/aromatic N) is 5. The lowest BCUT2D eigenvalue weighted by Crippen LogP contribution is -2.23. The Morgan fingerprint density at radius 1 is 1.15 bits per heavy atom. The average Bonchev–Trinajstić information content (AvgIpc) is 3.16. The van der Waals surface area contributed by atoms with E-state index in [2.05, 4.69) is 25.7 Å². The molecule has 1 amide bonds. The first-order chi connectivity index (χ1) is 12.9. The van der Waals surface area contributed by atoms with Crippen LogP contribution in [0.15, 0.2) is 48.8 Å². The Kier molecular flexibility index (Phi) is 5.35. The Morgan fingerprint density at radius 3 is 2.48 bits per heavy atom. The Labute approximate surface area is 158 Å². The Hall–Kier alpha value is -3.42. The van der Waals surface area contributed by atoms with Gasteiger partial charge in [0.2, 0.25) is 5.91 Å². The molecule has 2 heterocycles. The molecule has 1 unspecified atom stereocenters. The van der Waals surface area contributed by atoms with Gasteiger partial charge in [-0.2, -0.15) is 5.10 Å². The maximum Gasteiger partial charge on any atom is 0.248 e. The van der Waals surface area contributed by atoms with Crippen LogP contribution in [0.1, 0.15) is 18.8 Å². The third-order valence-corrected chi connectivity index (χ3v) is 4.01. The van der Waals surface area contributed by atoms with Crippen molar-refractivity contribution in [3.8, 4) is 0 Å². The highest BCUT2D eigenvalue weighted by Gasteiger charge is 2.15. The number of hydrogen-bond donors (Lipinski definition) is 2. The van der Waals surface area contributed by atoms with Crippen LogP contribution in [0.4, 0.5) is 23.0 Å². The van der Waals surface area contributed by atoms with Gasteiger partial charge in [-0.1, -0.05) is 0 Å². The van der Waals surface area contributed by atoms with Gasteiger partial charge in [-0.05, 0) is 44.2 Å². The molecule has 0 bridgehead atoms. The van der Waals surface area contributed by atoms with Crippen molar-refractivity contribution in [2.75, 3.05) is 29.6 Å².